The minimum atomic E-state index is -0.483. The smallest absolute Gasteiger partial charge is 0.292 e. The number of aromatic nitrogens is 2. The summed E-state index contributed by atoms with van der Waals surface area (Å²) in [6.07, 6.45) is 0. The Hall–Kier alpha value is -2.66. The lowest BCUT2D eigenvalue weighted by Gasteiger charge is -2.12. The third-order valence-electron chi connectivity index (χ3n) is 3.92. The van der Waals surface area contributed by atoms with Gasteiger partial charge >= 0.3 is 5.69 Å². The number of rotatable bonds is 4. The number of hydrogen-bond donors (Lipinski definition) is 0. The Morgan fingerprint density at radius 1 is 1.00 bits per heavy atom. The van der Waals surface area contributed by atoms with Gasteiger partial charge < -0.3 is 0 Å². The van der Waals surface area contributed by atoms with Crippen molar-refractivity contribution < 1.29 is 4.79 Å². The van der Waals surface area contributed by atoms with E-state index in [1.807, 2.05) is 0 Å². The number of para-hydroxylation sites is 1. The van der Waals surface area contributed by atoms with Crippen LogP contribution in [0.5, 0.6) is 0 Å². The molecule has 1 heterocycles. The molecule has 24 heavy (non-hydrogen) atoms. The van der Waals surface area contributed by atoms with Gasteiger partial charge in [-0.1, -0.05) is 23.7 Å². The number of benzene rings is 2. The van der Waals surface area contributed by atoms with Crippen molar-refractivity contribution in [3.63, 3.8) is 0 Å². The van der Waals surface area contributed by atoms with Gasteiger partial charge in [-0.05, 0) is 43.3 Å². The lowest BCUT2D eigenvalue weighted by Crippen LogP contribution is -2.40. The summed E-state index contributed by atoms with van der Waals surface area (Å²) in [5.74, 6) is -0.222. The molecule has 0 fully saturated rings. The second kappa shape index (κ2) is 6.45. The van der Waals surface area contributed by atoms with E-state index in [0.717, 1.165) is 4.57 Å². The molecule has 0 aliphatic heterocycles. The van der Waals surface area contributed by atoms with Crippen LogP contribution in [-0.2, 0) is 13.1 Å². The van der Waals surface area contributed by atoms with Gasteiger partial charge in [0.05, 0.1) is 17.4 Å². The van der Waals surface area contributed by atoms with Crippen molar-refractivity contribution in [2.45, 2.75) is 20.0 Å². The van der Waals surface area contributed by atoms with Crippen LogP contribution in [0, 0.1) is 0 Å². The van der Waals surface area contributed by atoms with Gasteiger partial charge in [0.1, 0.15) is 0 Å². The van der Waals surface area contributed by atoms with Crippen molar-refractivity contribution in [1.29, 1.82) is 0 Å². The maximum Gasteiger partial charge on any atom is 0.331 e. The summed E-state index contributed by atoms with van der Waals surface area (Å²) < 4.78 is 2.48. The van der Waals surface area contributed by atoms with Crippen LogP contribution in [0.4, 0.5) is 0 Å². The van der Waals surface area contributed by atoms with Gasteiger partial charge in [0.15, 0.2) is 5.78 Å². The molecule has 0 atom stereocenters. The van der Waals surface area contributed by atoms with Gasteiger partial charge in [-0.3, -0.25) is 18.7 Å². The highest BCUT2D eigenvalue weighted by atomic mass is 35.5. The van der Waals surface area contributed by atoms with Gasteiger partial charge in [0.25, 0.3) is 5.56 Å². The first kappa shape index (κ1) is 16.2. The summed E-state index contributed by atoms with van der Waals surface area (Å²) in [4.78, 5) is 37.5. The molecule has 6 heteroatoms. The average Bonchev–Trinajstić information content (AvgIpc) is 2.59. The van der Waals surface area contributed by atoms with E-state index >= 15 is 0 Å². The van der Waals surface area contributed by atoms with E-state index in [1.165, 1.54) is 4.57 Å². The van der Waals surface area contributed by atoms with Crippen LogP contribution in [0.1, 0.15) is 17.3 Å². The van der Waals surface area contributed by atoms with E-state index in [1.54, 1.807) is 55.5 Å². The van der Waals surface area contributed by atoms with Crippen LogP contribution >= 0.6 is 11.6 Å². The van der Waals surface area contributed by atoms with E-state index in [2.05, 4.69) is 0 Å². The summed E-state index contributed by atoms with van der Waals surface area (Å²) in [6.45, 7) is 1.84. The summed E-state index contributed by atoms with van der Waals surface area (Å²) in [5, 5.41) is 0.955. The lowest BCUT2D eigenvalue weighted by molar-refractivity contribution is 0.0971. The summed E-state index contributed by atoms with van der Waals surface area (Å²) >= 11 is 5.83. The molecule has 0 aliphatic rings. The number of ketones is 1. The van der Waals surface area contributed by atoms with Gasteiger partial charge in [0.2, 0.25) is 0 Å². The molecule has 0 saturated carbocycles. The number of Topliss-reactive ketones (excluding diaryl/α,β-unsaturated/α-hetero) is 1. The molecule has 3 aromatic rings. The average molecular weight is 343 g/mol. The first-order valence-corrected chi connectivity index (χ1v) is 7.92. The van der Waals surface area contributed by atoms with E-state index in [-0.39, 0.29) is 24.4 Å². The first-order chi connectivity index (χ1) is 11.5. The molecule has 1 aromatic heterocycles. The number of halogens is 1. The molecule has 0 aliphatic carbocycles. The van der Waals surface area contributed by atoms with Crippen LogP contribution in [0.25, 0.3) is 10.9 Å². The van der Waals surface area contributed by atoms with Crippen molar-refractivity contribution in [2.24, 2.45) is 0 Å². The Bertz CT molecular complexity index is 1030. The van der Waals surface area contributed by atoms with Crippen LogP contribution in [0.15, 0.2) is 58.1 Å². The second-order valence-electron chi connectivity index (χ2n) is 5.37. The van der Waals surface area contributed by atoms with Crippen molar-refractivity contribution in [2.75, 3.05) is 0 Å². The third kappa shape index (κ3) is 2.78. The van der Waals surface area contributed by atoms with Crippen molar-refractivity contribution in [1.82, 2.24) is 9.13 Å². The fourth-order valence-electron chi connectivity index (χ4n) is 2.67. The number of nitrogens with zero attached hydrogens (tertiary/aromatic N) is 2. The third-order valence-corrected chi connectivity index (χ3v) is 4.17. The molecule has 0 bridgehead atoms. The maximum absolute atomic E-state index is 12.6. The number of carbonyl (C=O) groups excluding carboxylic acids is 1. The van der Waals surface area contributed by atoms with E-state index in [0.29, 0.717) is 21.5 Å². The fraction of sp³-hybridized carbons (Fsp3) is 0.167. The minimum Gasteiger partial charge on any atom is -0.292 e. The Morgan fingerprint density at radius 2 is 1.67 bits per heavy atom. The molecule has 0 unspecified atom stereocenters. The van der Waals surface area contributed by atoms with Gasteiger partial charge in [-0.25, -0.2) is 4.79 Å². The minimum absolute atomic E-state index is 0.138. The standard InChI is InChI=1S/C18H15ClN2O3/c1-2-20-17(23)14-5-3-4-6-15(14)21(18(20)24)11-16(22)12-7-9-13(19)10-8-12/h3-10H,2,11H2,1H3. The Balaban J connectivity index is 2.15. The molecule has 122 valence electrons. The molecular formula is C18H15ClN2O3. The molecule has 5 nitrogen and oxygen atoms in total. The Morgan fingerprint density at radius 3 is 2.33 bits per heavy atom. The van der Waals surface area contributed by atoms with E-state index in [9.17, 15) is 14.4 Å². The summed E-state index contributed by atoms with van der Waals surface area (Å²) in [5.41, 5.74) is 0.0981. The molecule has 0 amide bonds. The van der Waals surface area contributed by atoms with E-state index in [4.69, 9.17) is 11.6 Å². The maximum atomic E-state index is 12.6. The Labute approximate surface area is 142 Å². The lowest BCUT2D eigenvalue weighted by atomic mass is 10.1. The van der Waals surface area contributed by atoms with Crippen LogP contribution in [0.2, 0.25) is 5.02 Å². The normalized spacial score (nSPS) is 10.9. The first-order valence-electron chi connectivity index (χ1n) is 7.54. The summed E-state index contributed by atoms with van der Waals surface area (Å²) in [7, 11) is 0. The Kier molecular flexibility index (Phi) is 4.36. The zero-order valence-corrected chi connectivity index (χ0v) is 13.8. The van der Waals surface area contributed by atoms with Gasteiger partial charge in [-0.15, -0.1) is 0 Å². The molecule has 0 saturated heterocycles. The highest BCUT2D eigenvalue weighted by Crippen LogP contribution is 2.12. The van der Waals surface area contributed by atoms with Gasteiger partial charge in [-0.2, -0.15) is 0 Å². The second-order valence-corrected chi connectivity index (χ2v) is 5.80. The predicted molar refractivity (Wildman–Crippen MR) is 93.9 cm³/mol. The largest absolute Gasteiger partial charge is 0.331 e. The van der Waals surface area contributed by atoms with Crippen molar-refractivity contribution >= 4 is 28.3 Å². The van der Waals surface area contributed by atoms with Crippen LogP contribution in [-0.4, -0.2) is 14.9 Å². The highest BCUT2D eigenvalue weighted by Gasteiger charge is 2.15. The molecule has 0 spiro atoms. The monoisotopic (exact) mass is 342 g/mol. The van der Waals surface area contributed by atoms with Crippen molar-refractivity contribution in [3.05, 3.63) is 80.0 Å². The number of carbonyl (C=O) groups is 1. The van der Waals surface area contributed by atoms with Crippen molar-refractivity contribution in [3.8, 4) is 0 Å². The molecule has 0 N–H and O–H groups in total. The van der Waals surface area contributed by atoms with Crippen LogP contribution in [0.3, 0.4) is 0 Å². The number of hydrogen-bond acceptors (Lipinski definition) is 3. The highest BCUT2D eigenvalue weighted by molar-refractivity contribution is 6.30. The predicted octanol–water partition coefficient (Wildman–Crippen LogP) is 2.72. The zero-order valence-electron chi connectivity index (χ0n) is 13.0. The van der Waals surface area contributed by atoms with Crippen LogP contribution < -0.4 is 11.2 Å². The van der Waals surface area contributed by atoms with E-state index < -0.39 is 5.69 Å². The molecule has 0 radical (unpaired) electrons. The molecular weight excluding hydrogens is 328 g/mol. The number of fused-ring (bicyclic) bond motifs is 1. The quantitative estimate of drug-likeness (QED) is 0.685. The zero-order chi connectivity index (χ0) is 17.3. The molecule has 2 aromatic carbocycles. The SMILES string of the molecule is CCn1c(=O)c2ccccc2n(CC(=O)c2ccc(Cl)cc2)c1=O. The van der Waals surface area contributed by atoms with Gasteiger partial charge in [0, 0.05) is 17.1 Å². The molecule has 3 rings (SSSR count). The summed E-state index contributed by atoms with van der Waals surface area (Å²) in [6, 6.07) is 13.3. The fourth-order valence-corrected chi connectivity index (χ4v) is 2.80. The topological polar surface area (TPSA) is 61.1 Å².